The van der Waals surface area contributed by atoms with Gasteiger partial charge in [0, 0.05) is 13.0 Å². The predicted molar refractivity (Wildman–Crippen MR) is 107 cm³/mol. The van der Waals surface area contributed by atoms with Crippen LogP contribution in [0.15, 0.2) is 53.3 Å². The Bertz CT molecular complexity index is 1090. The largest absolute Gasteiger partial charge is 0.497 e. The molecule has 1 aromatic heterocycles. The molecule has 0 bridgehead atoms. The zero-order valence-corrected chi connectivity index (χ0v) is 15.9. The van der Waals surface area contributed by atoms with E-state index < -0.39 is 5.97 Å². The number of fused-ring (bicyclic) bond motifs is 1. The van der Waals surface area contributed by atoms with E-state index in [1.165, 1.54) is 4.57 Å². The lowest BCUT2D eigenvalue weighted by molar-refractivity contribution is -0.137. The number of hydrogen-bond donors (Lipinski definition) is 2. The summed E-state index contributed by atoms with van der Waals surface area (Å²) in [5.74, 6) is -0.368. The molecule has 8 heteroatoms. The second kappa shape index (κ2) is 9.01. The van der Waals surface area contributed by atoms with Crippen LogP contribution in [-0.2, 0) is 29.1 Å². The van der Waals surface area contributed by atoms with Crippen LogP contribution >= 0.6 is 0 Å². The lowest BCUT2D eigenvalue weighted by atomic mass is 10.2. The van der Waals surface area contributed by atoms with Crippen LogP contribution in [0.5, 0.6) is 5.75 Å². The average Bonchev–Trinajstić information content (AvgIpc) is 2.73. The second-order valence-electron chi connectivity index (χ2n) is 6.46. The van der Waals surface area contributed by atoms with E-state index in [0.29, 0.717) is 17.4 Å². The fraction of sp³-hybridized carbons (Fsp3) is 0.238. The van der Waals surface area contributed by atoms with Crippen LogP contribution < -0.4 is 15.6 Å². The predicted octanol–water partition coefficient (Wildman–Crippen LogP) is 1.74. The molecule has 2 aromatic carbocycles. The molecule has 0 radical (unpaired) electrons. The fourth-order valence-corrected chi connectivity index (χ4v) is 2.93. The number of carboxylic acid groups (broad SMARTS) is 1. The Morgan fingerprint density at radius 2 is 1.86 bits per heavy atom. The molecule has 0 aliphatic heterocycles. The van der Waals surface area contributed by atoms with Crippen molar-refractivity contribution >= 4 is 22.8 Å². The zero-order chi connectivity index (χ0) is 20.8. The highest BCUT2D eigenvalue weighted by atomic mass is 16.5. The molecule has 150 valence electrons. The van der Waals surface area contributed by atoms with Crippen molar-refractivity contribution in [1.82, 2.24) is 14.9 Å². The summed E-state index contributed by atoms with van der Waals surface area (Å²) in [4.78, 5) is 40.7. The van der Waals surface area contributed by atoms with Crippen LogP contribution in [0.25, 0.3) is 10.9 Å². The van der Waals surface area contributed by atoms with Gasteiger partial charge in [0.1, 0.15) is 18.1 Å². The van der Waals surface area contributed by atoms with Crippen molar-refractivity contribution in [3.05, 3.63) is 70.3 Å². The van der Waals surface area contributed by atoms with E-state index in [9.17, 15) is 14.4 Å². The van der Waals surface area contributed by atoms with Crippen molar-refractivity contribution in [2.75, 3.05) is 7.11 Å². The molecule has 0 aliphatic carbocycles. The van der Waals surface area contributed by atoms with E-state index in [1.54, 1.807) is 43.5 Å². The monoisotopic (exact) mass is 395 g/mol. The number of aliphatic carboxylic acids is 1. The Balaban J connectivity index is 1.80. The summed E-state index contributed by atoms with van der Waals surface area (Å²) in [5.41, 5.74) is 0.998. The number of para-hydroxylation sites is 1. The topological polar surface area (TPSA) is 111 Å². The summed E-state index contributed by atoms with van der Waals surface area (Å²) in [6.07, 6.45) is -0.126. The van der Waals surface area contributed by atoms with E-state index in [2.05, 4.69) is 10.3 Å². The number of ether oxygens (including phenoxy) is 1. The maximum Gasteiger partial charge on any atom is 0.303 e. The Morgan fingerprint density at radius 3 is 2.55 bits per heavy atom. The molecule has 1 heterocycles. The zero-order valence-electron chi connectivity index (χ0n) is 15.9. The number of aryl methyl sites for hydroxylation is 1. The highest BCUT2D eigenvalue weighted by molar-refractivity contribution is 5.79. The molecule has 0 unspecified atom stereocenters. The summed E-state index contributed by atoms with van der Waals surface area (Å²) in [6, 6.07) is 14.1. The minimum Gasteiger partial charge on any atom is -0.497 e. The number of benzene rings is 2. The molecular weight excluding hydrogens is 374 g/mol. The number of carboxylic acids is 1. The smallest absolute Gasteiger partial charge is 0.303 e. The summed E-state index contributed by atoms with van der Waals surface area (Å²) in [5, 5.41) is 12.1. The van der Waals surface area contributed by atoms with Crippen molar-refractivity contribution in [2.24, 2.45) is 0 Å². The van der Waals surface area contributed by atoms with Gasteiger partial charge in [0.15, 0.2) is 0 Å². The van der Waals surface area contributed by atoms with Crippen LogP contribution in [0.2, 0.25) is 0 Å². The first kappa shape index (κ1) is 20.1. The lowest BCUT2D eigenvalue weighted by Gasteiger charge is -2.13. The summed E-state index contributed by atoms with van der Waals surface area (Å²) < 4.78 is 6.35. The van der Waals surface area contributed by atoms with Gasteiger partial charge in [0.05, 0.1) is 24.4 Å². The van der Waals surface area contributed by atoms with Gasteiger partial charge >= 0.3 is 5.97 Å². The van der Waals surface area contributed by atoms with Crippen LogP contribution in [-0.4, -0.2) is 33.6 Å². The van der Waals surface area contributed by atoms with Crippen molar-refractivity contribution in [1.29, 1.82) is 0 Å². The van der Waals surface area contributed by atoms with Gasteiger partial charge in [0.2, 0.25) is 5.91 Å². The van der Waals surface area contributed by atoms with Crippen LogP contribution in [0, 0.1) is 0 Å². The Labute approximate surface area is 166 Å². The van der Waals surface area contributed by atoms with E-state index in [0.717, 1.165) is 11.3 Å². The molecule has 0 aliphatic rings. The molecule has 29 heavy (non-hydrogen) atoms. The van der Waals surface area contributed by atoms with Crippen LogP contribution in [0.3, 0.4) is 0 Å². The van der Waals surface area contributed by atoms with Crippen molar-refractivity contribution in [3.63, 3.8) is 0 Å². The van der Waals surface area contributed by atoms with E-state index in [4.69, 9.17) is 9.84 Å². The number of amides is 1. The average molecular weight is 395 g/mol. The summed E-state index contributed by atoms with van der Waals surface area (Å²) >= 11 is 0. The van der Waals surface area contributed by atoms with Gasteiger partial charge in [-0.25, -0.2) is 4.98 Å². The fourth-order valence-electron chi connectivity index (χ4n) is 2.93. The first-order chi connectivity index (χ1) is 14.0. The molecule has 0 atom stereocenters. The van der Waals surface area contributed by atoms with Crippen molar-refractivity contribution in [3.8, 4) is 5.75 Å². The number of rotatable bonds is 8. The summed E-state index contributed by atoms with van der Waals surface area (Å²) in [7, 11) is 1.58. The minimum atomic E-state index is -0.997. The van der Waals surface area contributed by atoms with Crippen LogP contribution in [0.1, 0.15) is 17.8 Å². The number of hydrogen-bond acceptors (Lipinski definition) is 5. The Hall–Kier alpha value is -3.68. The number of carbonyl (C=O) groups is 2. The molecule has 0 saturated carbocycles. The quantitative estimate of drug-likeness (QED) is 0.601. The van der Waals surface area contributed by atoms with Gasteiger partial charge in [-0.3, -0.25) is 19.0 Å². The van der Waals surface area contributed by atoms with Crippen molar-refractivity contribution < 1.29 is 19.4 Å². The molecule has 3 aromatic rings. The van der Waals surface area contributed by atoms with E-state index >= 15 is 0 Å². The molecule has 3 rings (SSSR count). The lowest BCUT2D eigenvalue weighted by Crippen LogP contribution is -2.34. The van der Waals surface area contributed by atoms with Gasteiger partial charge in [-0.1, -0.05) is 24.3 Å². The summed E-state index contributed by atoms with van der Waals surface area (Å²) in [6.45, 7) is 0.0603. The van der Waals surface area contributed by atoms with Gasteiger partial charge in [0.25, 0.3) is 5.56 Å². The second-order valence-corrected chi connectivity index (χ2v) is 6.46. The number of nitrogens with one attached hydrogen (secondary N) is 1. The third-order valence-electron chi connectivity index (χ3n) is 4.45. The number of nitrogens with zero attached hydrogens (tertiary/aromatic N) is 2. The first-order valence-corrected chi connectivity index (χ1v) is 9.08. The van der Waals surface area contributed by atoms with Gasteiger partial charge in [-0.15, -0.1) is 0 Å². The Kier molecular flexibility index (Phi) is 6.23. The van der Waals surface area contributed by atoms with E-state index in [-0.39, 0.29) is 36.7 Å². The third-order valence-corrected chi connectivity index (χ3v) is 4.45. The minimum absolute atomic E-state index is 0.0567. The normalized spacial score (nSPS) is 10.7. The van der Waals surface area contributed by atoms with Crippen LogP contribution in [0.4, 0.5) is 0 Å². The molecule has 0 spiro atoms. The van der Waals surface area contributed by atoms with Gasteiger partial charge in [-0.2, -0.15) is 0 Å². The maximum absolute atomic E-state index is 12.9. The third kappa shape index (κ3) is 4.98. The molecule has 8 nitrogen and oxygen atoms in total. The maximum atomic E-state index is 12.9. The standard InChI is InChI=1S/C21H21N3O5/c1-29-15-8-6-14(7-9-15)12-22-19(25)13-24-18(10-11-20(26)27)23-17-5-3-2-4-16(17)21(24)28/h2-9H,10-13H2,1H3,(H,22,25)(H,26,27). The highest BCUT2D eigenvalue weighted by Gasteiger charge is 2.15. The molecule has 0 saturated heterocycles. The van der Waals surface area contributed by atoms with E-state index in [1.807, 2.05) is 12.1 Å². The molecular formula is C21H21N3O5. The molecule has 1 amide bonds. The molecule has 0 fully saturated rings. The molecule has 2 N–H and O–H groups in total. The highest BCUT2D eigenvalue weighted by Crippen LogP contribution is 2.11. The number of carbonyl (C=O) groups excluding carboxylic acids is 1. The van der Waals surface area contributed by atoms with Gasteiger partial charge in [-0.05, 0) is 29.8 Å². The number of methoxy groups -OCH3 is 1. The SMILES string of the molecule is COc1ccc(CNC(=O)Cn2c(CCC(=O)O)nc3ccccc3c2=O)cc1. The van der Waals surface area contributed by atoms with Crippen molar-refractivity contribution in [2.45, 2.75) is 25.9 Å². The van der Waals surface area contributed by atoms with Gasteiger partial charge < -0.3 is 15.2 Å². The Morgan fingerprint density at radius 1 is 1.14 bits per heavy atom. The number of aromatic nitrogens is 2. The first-order valence-electron chi connectivity index (χ1n) is 9.08.